The minimum absolute atomic E-state index is 0.194. The number of carbonyl (C=O) groups is 1. The zero-order chi connectivity index (χ0) is 30.4. The van der Waals surface area contributed by atoms with Crippen molar-refractivity contribution in [1.82, 2.24) is 24.3 Å². The summed E-state index contributed by atoms with van der Waals surface area (Å²) >= 11 is 6.98. The van der Waals surface area contributed by atoms with E-state index in [0.29, 0.717) is 35.9 Å². The third-order valence-corrected chi connectivity index (χ3v) is 8.68. The third-order valence-electron chi connectivity index (χ3n) is 8.36. The SMILES string of the molecule is Cc1c2c(nn1C)COCc1nccnc1Cn1c(C(=O)O)c(CCCOc3cccc4ccccc34)c3ccc(Cl)c-2c31. The fourth-order valence-corrected chi connectivity index (χ4v) is 6.53. The van der Waals surface area contributed by atoms with E-state index in [4.69, 9.17) is 26.2 Å². The topological polar surface area (TPSA) is 104 Å². The van der Waals surface area contributed by atoms with Crippen molar-refractivity contribution < 1.29 is 19.4 Å². The number of carboxylic acids is 1. The number of nitrogens with zero attached hydrogens (tertiary/aromatic N) is 5. The fourth-order valence-electron chi connectivity index (χ4n) is 6.28. The van der Waals surface area contributed by atoms with Crippen molar-refractivity contribution >= 4 is 39.2 Å². The molecule has 1 N–H and O–H groups in total. The molecule has 7 rings (SSSR count). The largest absolute Gasteiger partial charge is 0.493 e. The molecule has 0 saturated heterocycles. The number of rotatable bonds is 6. The molecule has 3 aromatic carbocycles. The molecule has 0 amide bonds. The number of hydrogen-bond donors (Lipinski definition) is 1. The van der Waals surface area contributed by atoms with Gasteiger partial charge in [0.05, 0.1) is 54.0 Å². The Bertz CT molecular complexity index is 2060. The van der Waals surface area contributed by atoms with Crippen LogP contribution in [0.4, 0.5) is 0 Å². The highest BCUT2D eigenvalue weighted by Crippen LogP contribution is 2.43. The zero-order valence-electron chi connectivity index (χ0n) is 24.4. The summed E-state index contributed by atoms with van der Waals surface area (Å²) in [7, 11) is 1.88. The highest BCUT2D eigenvalue weighted by molar-refractivity contribution is 6.35. The van der Waals surface area contributed by atoms with Gasteiger partial charge < -0.3 is 19.1 Å². The average molecular weight is 608 g/mol. The number of halogens is 1. The van der Waals surface area contributed by atoms with Crippen LogP contribution in [0.2, 0.25) is 5.02 Å². The standard InChI is InChI=1S/C34H30ClN5O4/c1-20-30-28(38-39(20)2)19-43-18-27-26(36-14-15-37-27)17-40-32-24(12-13-25(35)31(30)32)23(33(40)34(41)42)10-6-16-44-29-11-5-8-21-7-3-4-9-22(21)29/h3-5,7-9,11-15H,6,10,16-19H2,1-2H3,(H,41,42). The summed E-state index contributed by atoms with van der Waals surface area (Å²) in [5, 5.41) is 18.9. The number of aromatic nitrogens is 5. The highest BCUT2D eigenvalue weighted by Gasteiger charge is 2.29. The molecule has 6 aromatic rings. The minimum atomic E-state index is -1.02. The smallest absolute Gasteiger partial charge is 0.352 e. The monoisotopic (exact) mass is 607 g/mol. The summed E-state index contributed by atoms with van der Waals surface area (Å²) in [6.45, 7) is 3.06. The molecule has 0 spiro atoms. The lowest BCUT2D eigenvalue weighted by Crippen LogP contribution is -2.15. The van der Waals surface area contributed by atoms with Gasteiger partial charge in [-0.15, -0.1) is 0 Å². The third kappa shape index (κ3) is 4.78. The molecule has 44 heavy (non-hydrogen) atoms. The van der Waals surface area contributed by atoms with Crippen LogP contribution in [0.3, 0.4) is 0 Å². The maximum Gasteiger partial charge on any atom is 0.352 e. The molecule has 222 valence electrons. The quantitative estimate of drug-likeness (QED) is 0.209. The molecule has 4 heterocycles. The number of carboxylic acid groups (broad SMARTS) is 1. The van der Waals surface area contributed by atoms with Crippen molar-refractivity contribution in [2.24, 2.45) is 7.05 Å². The predicted octanol–water partition coefficient (Wildman–Crippen LogP) is 6.74. The van der Waals surface area contributed by atoms with Gasteiger partial charge in [0.15, 0.2) is 0 Å². The van der Waals surface area contributed by atoms with Gasteiger partial charge in [-0.3, -0.25) is 14.6 Å². The normalized spacial score (nSPS) is 13.0. The average Bonchev–Trinajstić information content (AvgIpc) is 3.47. The van der Waals surface area contributed by atoms with Crippen LogP contribution in [0, 0.1) is 6.92 Å². The molecule has 0 unspecified atom stereocenters. The van der Waals surface area contributed by atoms with Crippen molar-refractivity contribution in [2.75, 3.05) is 6.61 Å². The lowest BCUT2D eigenvalue weighted by molar-refractivity contribution is 0.0684. The summed E-state index contributed by atoms with van der Waals surface area (Å²) in [5.41, 5.74) is 6.16. The Morgan fingerprint density at radius 3 is 2.59 bits per heavy atom. The maximum atomic E-state index is 13.1. The minimum Gasteiger partial charge on any atom is -0.493 e. The maximum absolute atomic E-state index is 13.1. The van der Waals surface area contributed by atoms with Gasteiger partial charge in [0.25, 0.3) is 0 Å². The van der Waals surface area contributed by atoms with Gasteiger partial charge in [-0.2, -0.15) is 5.10 Å². The molecule has 0 saturated carbocycles. The van der Waals surface area contributed by atoms with E-state index in [1.807, 2.05) is 61.0 Å². The van der Waals surface area contributed by atoms with Crippen LogP contribution < -0.4 is 4.74 Å². The number of aromatic carboxylic acids is 1. The number of fused-ring (bicyclic) bond motifs is 4. The molecule has 0 atom stereocenters. The Labute approximate surface area is 258 Å². The summed E-state index contributed by atoms with van der Waals surface area (Å²) in [4.78, 5) is 22.2. The molecule has 1 aliphatic heterocycles. The van der Waals surface area contributed by atoms with Crippen LogP contribution in [0.1, 0.15) is 45.2 Å². The van der Waals surface area contributed by atoms with Gasteiger partial charge in [0.1, 0.15) is 11.4 Å². The van der Waals surface area contributed by atoms with Crippen molar-refractivity contribution in [2.45, 2.75) is 39.5 Å². The second kappa shape index (κ2) is 11.4. The van der Waals surface area contributed by atoms with E-state index >= 15 is 0 Å². The molecular formula is C34H30ClN5O4. The Hall–Kier alpha value is -4.73. The number of hydrogen-bond acceptors (Lipinski definition) is 6. The molecule has 0 aliphatic carbocycles. The van der Waals surface area contributed by atoms with Gasteiger partial charge in [-0.1, -0.05) is 54.1 Å². The van der Waals surface area contributed by atoms with E-state index < -0.39 is 5.97 Å². The van der Waals surface area contributed by atoms with Gasteiger partial charge >= 0.3 is 5.97 Å². The van der Waals surface area contributed by atoms with Gasteiger partial charge in [-0.25, -0.2) is 4.79 Å². The highest BCUT2D eigenvalue weighted by atomic mass is 35.5. The second-order valence-corrected chi connectivity index (χ2v) is 11.3. The number of benzene rings is 3. The van der Waals surface area contributed by atoms with Crippen molar-refractivity contribution in [1.29, 1.82) is 0 Å². The summed E-state index contributed by atoms with van der Waals surface area (Å²) in [5.74, 6) is -0.211. The van der Waals surface area contributed by atoms with Crippen LogP contribution in [0.25, 0.3) is 32.8 Å². The first-order valence-corrected chi connectivity index (χ1v) is 14.9. The van der Waals surface area contributed by atoms with E-state index in [9.17, 15) is 9.90 Å². The molecule has 0 fully saturated rings. The first-order valence-electron chi connectivity index (χ1n) is 14.5. The second-order valence-electron chi connectivity index (χ2n) is 10.9. The van der Waals surface area contributed by atoms with Crippen molar-refractivity contribution in [3.05, 3.63) is 106 Å². The summed E-state index contributed by atoms with van der Waals surface area (Å²) in [6.07, 6.45) is 4.34. The van der Waals surface area contributed by atoms with Crippen LogP contribution in [-0.4, -0.2) is 42.0 Å². The molecule has 10 heteroatoms. The van der Waals surface area contributed by atoms with Gasteiger partial charge in [-0.05, 0) is 42.8 Å². The Kier molecular flexibility index (Phi) is 7.27. The molecular weight excluding hydrogens is 578 g/mol. The van der Waals surface area contributed by atoms with E-state index in [-0.39, 0.29) is 25.5 Å². The van der Waals surface area contributed by atoms with Crippen molar-refractivity contribution in [3.8, 4) is 16.9 Å². The molecule has 1 aliphatic rings. The Balaban J connectivity index is 1.36. The van der Waals surface area contributed by atoms with Crippen LogP contribution in [-0.2, 0) is 38.0 Å². The van der Waals surface area contributed by atoms with Gasteiger partial charge in [0.2, 0.25) is 0 Å². The lowest BCUT2D eigenvalue weighted by Gasteiger charge is -2.14. The van der Waals surface area contributed by atoms with E-state index in [0.717, 1.165) is 55.5 Å². The van der Waals surface area contributed by atoms with E-state index in [1.165, 1.54) is 0 Å². The van der Waals surface area contributed by atoms with Crippen LogP contribution >= 0.6 is 11.6 Å². The summed E-state index contributed by atoms with van der Waals surface area (Å²) in [6, 6.07) is 17.9. The fraction of sp³-hybridized carbons (Fsp3) is 0.235. The van der Waals surface area contributed by atoms with E-state index in [1.54, 1.807) is 17.1 Å². The van der Waals surface area contributed by atoms with Crippen molar-refractivity contribution in [3.63, 3.8) is 0 Å². The first kappa shape index (κ1) is 28.1. The predicted molar refractivity (Wildman–Crippen MR) is 168 cm³/mol. The zero-order valence-corrected chi connectivity index (χ0v) is 25.1. The Morgan fingerprint density at radius 1 is 0.977 bits per heavy atom. The lowest BCUT2D eigenvalue weighted by atomic mass is 9.98. The molecule has 0 bridgehead atoms. The molecule has 3 aromatic heterocycles. The van der Waals surface area contributed by atoms with Gasteiger partial charge in [0, 0.05) is 47.0 Å². The summed E-state index contributed by atoms with van der Waals surface area (Å²) < 4.78 is 15.9. The van der Waals surface area contributed by atoms with Crippen LogP contribution in [0.5, 0.6) is 5.75 Å². The van der Waals surface area contributed by atoms with Crippen LogP contribution in [0.15, 0.2) is 67.0 Å². The number of ether oxygens (including phenoxy) is 2. The molecule has 9 nitrogen and oxygen atoms in total. The van der Waals surface area contributed by atoms with E-state index in [2.05, 4.69) is 22.1 Å². The molecule has 0 radical (unpaired) electrons. The number of aryl methyl sites for hydroxylation is 2. The first-order chi connectivity index (χ1) is 21.4. The Morgan fingerprint density at radius 2 is 1.75 bits per heavy atom.